The second-order valence-electron chi connectivity index (χ2n) is 3.48. The first kappa shape index (κ1) is 12.6. The number of hydrogen-bond acceptors (Lipinski definition) is 4. The molecule has 0 aromatic carbocycles. The van der Waals surface area contributed by atoms with E-state index in [1.165, 1.54) is 5.69 Å². The van der Waals surface area contributed by atoms with Gasteiger partial charge < -0.3 is 0 Å². The van der Waals surface area contributed by atoms with Gasteiger partial charge in [0.05, 0.1) is 15.9 Å². The van der Waals surface area contributed by atoms with Gasteiger partial charge in [0.25, 0.3) is 0 Å². The molecule has 2 aromatic rings. The zero-order valence-electron chi connectivity index (χ0n) is 9.72. The van der Waals surface area contributed by atoms with Crippen molar-refractivity contribution in [3.63, 3.8) is 0 Å². The number of hydrogen-bond donors (Lipinski definition) is 0. The van der Waals surface area contributed by atoms with Gasteiger partial charge in [-0.05, 0) is 35.8 Å². The van der Waals surface area contributed by atoms with Crippen molar-refractivity contribution in [2.24, 2.45) is 0 Å². The molecule has 0 bridgehead atoms. The maximum Gasteiger partial charge on any atom is 0.187 e. The van der Waals surface area contributed by atoms with E-state index in [4.69, 9.17) is 0 Å². The van der Waals surface area contributed by atoms with Crippen LogP contribution in [0.15, 0.2) is 28.1 Å². The number of aromatic nitrogens is 4. The lowest BCUT2D eigenvalue weighted by atomic mass is 10.4. The van der Waals surface area contributed by atoms with Crippen LogP contribution in [0.2, 0.25) is 0 Å². The Morgan fingerprint density at radius 3 is 2.71 bits per heavy atom. The molecule has 0 atom stereocenters. The molecule has 0 amide bonds. The minimum Gasteiger partial charge on any atom is -0.268 e. The van der Waals surface area contributed by atoms with Crippen molar-refractivity contribution in [1.29, 1.82) is 0 Å². The van der Waals surface area contributed by atoms with E-state index in [2.05, 4.69) is 37.9 Å². The Kier molecular flexibility index (Phi) is 4.17. The first-order valence-corrected chi connectivity index (χ1v) is 7.11. The highest BCUT2D eigenvalue weighted by molar-refractivity contribution is 9.10. The SMILES string of the molecule is CCn1nc(C)c(Br)c1CSc1ncccn1. The lowest BCUT2D eigenvalue weighted by Crippen LogP contribution is -2.02. The third-order valence-electron chi connectivity index (χ3n) is 2.33. The molecule has 4 nitrogen and oxygen atoms in total. The van der Waals surface area contributed by atoms with E-state index in [0.717, 1.165) is 27.6 Å². The molecular formula is C11H13BrN4S. The molecular weight excluding hydrogens is 300 g/mol. The standard InChI is InChI=1S/C11H13BrN4S/c1-3-16-9(10(12)8(2)15-16)7-17-11-13-5-4-6-14-11/h4-6H,3,7H2,1-2H3. The monoisotopic (exact) mass is 312 g/mol. The zero-order valence-corrected chi connectivity index (χ0v) is 12.1. The minimum atomic E-state index is 0.793. The van der Waals surface area contributed by atoms with Crippen molar-refractivity contribution < 1.29 is 0 Å². The summed E-state index contributed by atoms with van der Waals surface area (Å²) in [6, 6.07) is 1.82. The summed E-state index contributed by atoms with van der Waals surface area (Å²) in [6.07, 6.45) is 3.51. The Hall–Kier alpha value is -0.880. The van der Waals surface area contributed by atoms with Gasteiger partial charge in [-0.3, -0.25) is 4.68 Å². The number of aryl methyl sites for hydroxylation is 2. The summed E-state index contributed by atoms with van der Waals surface area (Å²) in [5.41, 5.74) is 2.21. The van der Waals surface area contributed by atoms with E-state index in [-0.39, 0.29) is 0 Å². The molecule has 0 unspecified atom stereocenters. The first-order chi connectivity index (χ1) is 8.22. The Balaban J connectivity index is 2.14. The Morgan fingerprint density at radius 2 is 2.06 bits per heavy atom. The molecule has 0 saturated carbocycles. The molecule has 6 heteroatoms. The maximum absolute atomic E-state index is 4.46. The maximum atomic E-state index is 4.46. The van der Waals surface area contributed by atoms with Crippen molar-refractivity contribution in [3.8, 4) is 0 Å². The second-order valence-corrected chi connectivity index (χ2v) is 5.22. The van der Waals surface area contributed by atoms with Gasteiger partial charge >= 0.3 is 0 Å². The van der Waals surface area contributed by atoms with Crippen LogP contribution in [-0.2, 0) is 12.3 Å². The molecule has 0 aliphatic rings. The Bertz CT molecular complexity index is 498. The summed E-state index contributed by atoms with van der Waals surface area (Å²) in [5.74, 6) is 0.819. The van der Waals surface area contributed by atoms with E-state index in [0.29, 0.717) is 0 Å². The van der Waals surface area contributed by atoms with Crippen molar-refractivity contribution in [2.45, 2.75) is 31.3 Å². The van der Waals surface area contributed by atoms with Crippen LogP contribution < -0.4 is 0 Å². The molecule has 0 aliphatic carbocycles. The van der Waals surface area contributed by atoms with Crippen LogP contribution in [0.25, 0.3) is 0 Å². The normalized spacial score (nSPS) is 10.8. The van der Waals surface area contributed by atoms with Crippen molar-refractivity contribution >= 4 is 27.7 Å². The van der Waals surface area contributed by atoms with Crippen LogP contribution in [-0.4, -0.2) is 19.7 Å². The Labute approximate surface area is 113 Å². The van der Waals surface area contributed by atoms with Gasteiger partial charge in [0.15, 0.2) is 5.16 Å². The predicted molar refractivity (Wildman–Crippen MR) is 71.9 cm³/mol. The molecule has 0 radical (unpaired) electrons. The molecule has 0 aliphatic heterocycles. The van der Waals surface area contributed by atoms with Gasteiger partial charge in [-0.25, -0.2) is 9.97 Å². The topological polar surface area (TPSA) is 43.6 Å². The van der Waals surface area contributed by atoms with Crippen LogP contribution in [0.3, 0.4) is 0 Å². The fourth-order valence-electron chi connectivity index (χ4n) is 1.50. The molecule has 90 valence electrons. The predicted octanol–water partition coefficient (Wildman–Crippen LogP) is 3.06. The van der Waals surface area contributed by atoms with Gasteiger partial charge in [0, 0.05) is 24.7 Å². The van der Waals surface area contributed by atoms with Crippen LogP contribution in [0.4, 0.5) is 0 Å². The third-order valence-corrected chi connectivity index (χ3v) is 4.25. The Morgan fingerprint density at radius 1 is 1.35 bits per heavy atom. The van der Waals surface area contributed by atoms with Crippen molar-refractivity contribution in [2.75, 3.05) is 0 Å². The molecule has 0 N–H and O–H groups in total. The molecule has 2 rings (SSSR count). The van der Waals surface area contributed by atoms with Crippen molar-refractivity contribution in [3.05, 3.63) is 34.3 Å². The average molecular weight is 313 g/mol. The lowest BCUT2D eigenvalue weighted by molar-refractivity contribution is 0.631. The molecule has 2 aromatic heterocycles. The summed E-state index contributed by atoms with van der Waals surface area (Å²) in [4.78, 5) is 8.39. The number of thioether (sulfide) groups is 1. The molecule has 0 saturated heterocycles. The summed E-state index contributed by atoms with van der Waals surface area (Å²) >= 11 is 5.20. The van der Waals surface area contributed by atoms with Gasteiger partial charge in [0.2, 0.25) is 0 Å². The van der Waals surface area contributed by atoms with E-state index in [9.17, 15) is 0 Å². The molecule has 0 fully saturated rings. The smallest absolute Gasteiger partial charge is 0.187 e. The summed E-state index contributed by atoms with van der Waals surface area (Å²) in [5, 5.41) is 5.25. The molecule has 0 spiro atoms. The fourth-order valence-corrected chi connectivity index (χ4v) is 2.94. The van der Waals surface area contributed by atoms with E-state index < -0.39 is 0 Å². The van der Waals surface area contributed by atoms with E-state index in [1.54, 1.807) is 24.2 Å². The van der Waals surface area contributed by atoms with Crippen LogP contribution in [0.1, 0.15) is 18.3 Å². The quantitative estimate of drug-likeness (QED) is 0.643. The van der Waals surface area contributed by atoms with Gasteiger partial charge in [0.1, 0.15) is 0 Å². The van der Waals surface area contributed by atoms with Crippen LogP contribution >= 0.6 is 27.7 Å². The molecule has 17 heavy (non-hydrogen) atoms. The van der Waals surface area contributed by atoms with Crippen LogP contribution in [0, 0.1) is 6.92 Å². The van der Waals surface area contributed by atoms with Crippen LogP contribution in [0.5, 0.6) is 0 Å². The minimum absolute atomic E-state index is 0.793. The average Bonchev–Trinajstić information content (AvgIpc) is 2.64. The highest BCUT2D eigenvalue weighted by Crippen LogP contribution is 2.27. The van der Waals surface area contributed by atoms with Crippen molar-refractivity contribution in [1.82, 2.24) is 19.7 Å². The number of halogens is 1. The number of rotatable bonds is 4. The number of nitrogens with zero attached hydrogens (tertiary/aromatic N) is 4. The summed E-state index contributed by atoms with van der Waals surface area (Å²) < 4.78 is 3.10. The third kappa shape index (κ3) is 2.87. The highest BCUT2D eigenvalue weighted by atomic mass is 79.9. The lowest BCUT2D eigenvalue weighted by Gasteiger charge is -2.04. The summed E-state index contributed by atoms with van der Waals surface area (Å²) in [7, 11) is 0. The van der Waals surface area contributed by atoms with E-state index >= 15 is 0 Å². The van der Waals surface area contributed by atoms with Gasteiger partial charge in [-0.15, -0.1) is 0 Å². The van der Waals surface area contributed by atoms with Gasteiger partial charge in [-0.1, -0.05) is 11.8 Å². The fraction of sp³-hybridized carbons (Fsp3) is 0.364. The zero-order chi connectivity index (χ0) is 12.3. The summed E-state index contributed by atoms with van der Waals surface area (Å²) in [6.45, 7) is 4.97. The largest absolute Gasteiger partial charge is 0.268 e. The molecule has 2 heterocycles. The first-order valence-electron chi connectivity index (χ1n) is 5.34. The highest BCUT2D eigenvalue weighted by Gasteiger charge is 2.12. The second kappa shape index (κ2) is 5.64. The van der Waals surface area contributed by atoms with Gasteiger partial charge in [-0.2, -0.15) is 5.10 Å². The van der Waals surface area contributed by atoms with E-state index in [1.807, 2.05) is 17.7 Å².